The number of thiophene rings is 1. The van der Waals surface area contributed by atoms with Crippen LogP contribution >= 0.6 is 22.9 Å². The zero-order valence-electron chi connectivity index (χ0n) is 11.9. The number of hydrogen-bond acceptors (Lipinski definition) is 4. The number of primary amides is 1. The fourth-order valence-corrected chi connectivity index (χ4v) is 2.98. The standard InChI is InChI=1S/C15H15ClN2O3S/c1-2-21-9-3-5-12(11(7-9)15(17)20)18-14(19)8-10-4-6-13(16)22-10/h3-7H,2,8H2,1H3,(H2,17,20)(H,18,19). The molecule has 2 aromatic rings. The third-order valence-electron chi connectivity index (χ3n) is 2.81. The van der Waals surface area contributed by atoms with Gasteiger partial charge in [-0.05, 0) is 37.3 Å². The van der Waals surface area contributed by atoms with Gasteiger partial charge in [-0.1, -0.05) is 11.6 Å². The van der Waals surface area contributed by atoms with Crippen molar-refractivity contribution in [3.05, 3.63) is 45.1 Å². The van der Waals surface area contributed by atoms with Crippen molar-refractivity contribution in [3.63, 3.8) is 0 Å². The Morgan fingerprint density at radius 3 is 2.68 bits per heavy atom. The molecule has 0 unspecified atom stereocenters. The number of carbonyl (C=O) groups is 2. The summed E-state index contributed by atoms with van der Waals surface area (Å²) in [5, 5.41) is 2.69. The van der Waals surface area contributed by atoms with Crippen LogP contribution < -0.4 is 15.8 Å². The Kier molecular flexibility index (Phi) is 5.41. The number of rotatable bonds is 6. The van der Waals surface area contributed by atoms with E-state index in [4.69, 9.17) is 22.1 Å². The summed E-state index contributed by atoms with van der Waals surface area (Å²) in [5.41, 5.74) is 5.93. The lowest BCUT2D eigenvalue weighted by Gasteiger charge is -2.11. The first-order chi connectivity index (χ1) is 10.5. The van der Waals surface area contributed by atoms with Gasteiger partial charge in [-0.25, -0.2) is 0 Å². The van der Waals surface area contributed by atoms with Gasteiger partial charge in [-0.3, -0.25) is 9.59 Å². The highest BCUT2D eigenvalue weighted by Gasteiger charge is 2.13. The number of ether oxygens (including phenoxy) is 1. The average Bonchev–Trinajstić information content (AvgIpc) is 2.85. The minimum Gasteiger partial charge on any atom is -0.494 e. The quantitative estimate of drug-likeness (QED) is 0.849. The summed E-state index contributed by atoms with van der Waals surface area (Å²) >= 11 is 7.17. The van der Waals surface area contributed by atoms with Crippen LogP contribution in [0, 0.1) is 0 Å². The van der Waals surface area contributed by atoms with Gasteiger partial charge in [0.05, 0.1) is 28.6 Å². The molecule has 22 heavy (non-hydrogen) atoms. The van der Waals surface area contributed by atoms with Crippen molar-refractivity contribution < 1.29 is 14.3 Å². The van der Waals surface area contributed by atoms with E-state index < -0.39 is 5.91 Å². The Morgan fingerprint density at radius 1 is 1.32 bits per heavy atom. The van der Waals surface area contributed by atoms with E-state index in [0.717, 1.165) is 4.88 Å². The van der Waals surface area contributed by atoms with E-state index in [1.807, 2.05) is 6.92 Å². The molecule has 0 spiro atoms. The molecule has 116 valence electrons. The molecule has 0 saturated carbocycles. The number of nitrogens with two attached hydrogens (primary N) is 1. The highest BCUT2D eigenvalue weighted by Crippen LogP contribution is 2.24. The van der Waals surface area contributed by atoms with Crippen LogP contribution in [0.1, 0.15) is 22.2 Å². The van der Waals surface area contributed by atoms with E-state index in [1.54, 1.807) is 24.3 Å². The molecule has 7 heteroatoms. The molecule has 1 heterocycles. The Balaban J connectivity index is 2.14. The third kappa shape index (κ3) is 4.22. The number of amides is 2. The van der Waals surface area contributed by atoms with Gasteiger partial charge in [0.1, 0.15) is 5.75 Å². The molecule has 1 aromatic carbocycles. The molecule has 5 nitrogen and oxygen atoms in total. The van der Waals surface area contributed by atoms with Gasteiger partial charge in [0.2, 0.25) is 5.91 Å². The second-order valence-electron chi connectivity index (χ2n) is 4.44. The van der Waals surface area contributed by atoms with Crippen LogP contribution in [0.5, 0.6) is 5.75 Å². The number of nitrogens with one attached hydrogen (secondary N) is 1. The van der Waals surface area contributed by atoms with Gasteiger partial charge in [0.25, 0.3) is 5.91 Å². The van der Waals surface area contributed by atoms with E-state index >= 15 is 0 Å². The monoisotopic (exact) mass is 338 g/mol. The molecule has 0 bridgehead atoms. The molecule has 0 atom stereocenters. The fraction of sp³-hybridized carbons (Fsp3) is 0.200. The van der Waals surface area contributed by atoms with Crippen molar-refractivity contribution in [1.29, 1.82) is 0 Å². The van der Waals surface area contributed by atoms with Gasteiger partial charge in [-0.15, -0.1) is 11.3 Å². The van der Waals surface area contributed by atoms with E-state index in [2.05, 4.69) is 5.32 Å². The molecule has 0 aliphatic rings. The molecular weight excluding hydrogens is 324 g/mol. The van der Waals surface area contributed by atoms with Gasteiger partial charge < -0.3 is 15.8 Å². The van der Waals surface area contributed by atoms with E-state index in [1.165, 1.54) is 17.4 Å². The van der Waals surface area contributed by atoms with Crippen molar-refractivity contribution in [2.24, 2.45) is 5.73 Å². The predicted octanol–water partition coefficient (Wildman–Crippen LogP) is 3.08. The molecular formula is C15H15ClN2O3S. The summed E-state index contributed by atoms with van der Waals surface area (Å²) in [4.78, 5) is 24.4. The second kappa shape index (κ2) is 7.29. The van der Waals surface area contributed by atoms with Crippen LogP contribution in [0.3, 0.4) is 0 Å². The van der Waals surface area contributed by atoms with Crippen LogP contribution in [0.25, 0.3) is 0 Å². The summed E-state index contributed by atoms with van der Waals surface area (Å²) in [6.45, 7) is 2.31. The first-order valence-electron chi connectivity index (χ1n) is 6.60. The van der Waals surface area contributed by atoms with Crippen molar-refractivity contribution in [2.75, 3.05) is 11.9 Å². The first-order valence-corrected chi connectivity index (χ1v) is 7.79. The maximum Gasteiger partial charge on any atom is 0.250 e. The second-order valence-corrected chi connectivity index (χ2v) is 6.24. The molecule has 0 saturated heterocycles. The van der Waals surface area contributed by atoms with Gasteiger partial charge in [-0.2, -0.15) is 0 Å². The minimum atomic E-state index is -0.629. The van der Waals surface area contributed by atoms with Gasteiger partial charge >= 0.3 is 0 Å². The van der Waals surface area contributed by atoms with E-state index in [9.17, 15) is 9.59 Å². The summed E-state index contributed by atoms with van der Waals surface area (Å²) < 4.78 is 5.95. The van der Waals surface area contributed by atoms with Gasteiger partial charge in [0.15, 0.2) is 0 Å². The molecule has 3 N–H and O–H groups in total. The van der Waals surface area contributed by atoms with Crippen LogP contribution in [-0.2, 0) is 11.2 Å². The number of benzene rings is 1. The van der Waals surface area contributed by atoms with Crippen molar-refractivity contribution in [1.82, 2.24) is 0 Å². The Morgan fingerprint density at radius 2 is 2.09 bits per heavy atom. The molecule has 1 aromatic heterocycles. The number of halogens is 1. The Hall–Kier alpha value is -2.05. The molecule has 0 aliphatic carbocycles. The summed E-state index contributed by atoms with van der Waals surface area (Å²) in [6.07, 6.45) is 0.183. The van der Waals surface area contributed by atoms with Crippen LogP contribution in [0.15, 0.2) is 30.3 Å². The lowest BCUT2D eigenvalue weighted by atomic mass is 10.1. The topological polar surface area (TPSA) is 81.4 Å². The Labute approximate surface area is 137 Å². The first kappa shape index (κ1) is 16.3. The minimum absolute atomic E-state index is 0.183. The van der Waals surface area contributed by atoms with Gasteiger partial charge in [0, 0.05) is 4.88 Å². The van der Waals surface area contributed by atoms with Crippen molar-refractivity contribution >= 4 is 40.4 Å². The largest absolute Gasteiger partial charge is 0.494 e. The fourth-order valence-electron chi connectivity index (χ4n) is 1.89. The zero-order chi connectivity index (χ0) is 16.1. The molecule has 2 rings (SSSR count). The normalized spacial score (nSPS) is 10.3. The smallest absolute Gasteiger partial charge is 0.250 e. The third-order valence-corrected chi connectivity index (χ3v) is 4.04. The Bertz CT molecular complexity index is 700. The van der Waals surface area contributed by atoms with Crippen LogP contribution in [0.4, 0.5) is 5.69 Å². The van der Waals surface area contributed by atoms with Crippen molar-refractivity contribution in [3.8, 4) is 5.75 Å². The number of anilines is 1. The van der Waals surface area contributed by atoms with E-state index in [0.29, 0.717) is 22.4 Å². The van der Waals surface area contributed by atoms with Crippen molar-refractivity contribution in [2.45, 2.75) is 13.3 Å². The molecule has 2 amide bonds. The number of carbonyl (C=O) groups excluding carboxylic acids is 2. The molecule has 0 radical (unpaired) electrons. The molecule has 0 fully saturated rings. The lowest BCUT2D eigenvalue weighted by molar-refractivity contribution is -0.115. The lowest BCUT2D eigenvalue weighted by Crippen LogP contribution is -2.19. The highest BCUT2D eigenvalue weighted by atomic mass is 35.5. The van der Waals surface area contributed by atoms with E-state index in [-0.39, 0.29) is 17.9 Å². The molecule has 0 aliphatic heterocycles. The number of hydrogen-bond donors (Lipinski definition) is 2. The maximum atomic E-state index is 12.0. The average molecular weight is 339 g/mol. The SMILES string of the molecule is CCOc1ccc(NC(=O)Cc2ccc(Cl)s2)c(C(N)=O)c1. The summed E-state index contributed by atoms with van der Waals surface area (Å²) in [6, 6.07) is 8.32. The summed E-state index contributed by atoms with van der Waals surface area (Å²) in [7, 11) is 0. The van der Waals surface area contributed by atoms with Crippen LogP contribution in [-0.4, -0.2) is 18.4 Å². The maximum absolute atomic E-state index is 12.0. The highest BCUT2D eigenvalue weighted by molar-refractivity contribution is 7.16. The zero-order valence-corrected chi connectivity index (χ0v) is 13.5. The van der Waals surface area contributed by atoms with Crippen LogP contribution in [0.2, 0.25) is 4.34 Å². The predicted molar refractivity (Wildman–Crippen MR) is 87.8 cm³/mol. The summed E-state index contributed by atoms with van der Waals surface area (Å²) in [5.74, 6) is -0.347.